The Bertz CT molecular complexity index is 1170. The molecule has 1 aromatic carbocycles. The zero-order valence-electron chi connectivity index (χ0n) is 22.9. The highest BCUT2D eigenvalue weighted by atomic mass is 16.3. The van der Waals surface area contributed by atoms with Crippen LogP contribution in [0.2, 0.25) is 0 Å². The van der Waals surface area contributed by atoms with Crippen LogP contribution >= 0.6 is 0 Å². The Hall–Kier alpha value is -3.44. The van der Waals surface area contributed by atoms with Crippen LogP contribution in [0.15, 0.2) is 48.8 Å². The van der Waals surface area contributed by atoms with Crippen molar-refractivity contribution >= 4 is 17.5 Å². The van der Waals surface area contributed by atoms with Crippen LogP contribution in [0.5, 0.6) is 0 Å². The van der Waals surface area contributed by atoms with E-state index in [1.807, 2.05) is 24.3 Å². The van der Waals surface area contributed by atoms with E-state index in [1.165, 1.54) is 9.80 Å². The lowest BCUT2D eigenvalue weighted by Gasteiger charge is -2.39. The van der Waals surface area contributed by atoms with Gasteiger partial charge in [-0.1, -0.05) is 58.2 Å². The summed E-state index contributed by atoms with van der Waals surface area (Å²) in [6, 6.07) is 10.3. The normalized spacial score (nSPS) is 22.9. The van der Waals surface area contributed by atoms with Crippen molar-refractivity contribution < 1.29 is 14.7 Å². The first kappa shape index (κ1) is 27.6. The van der Waals surface area contributed by atoms with E-state index in [0.717, 1.165) is 37.7 Å². The summed E-state index contributed by atoms with van der Waals surface area (Å²) in [4.78, 5) is 35.6. The fraction of sp³-hybridized carbons (Fsp3) is 0.533. The summed E-state index contributed by atoms with van der Waals surface area (Å²) >= 11 is 0. The number of likely N-dealkylation sites (tertiary alicyclic amines) is 1. The first-order valence-corrected chi connectivity index (χ1v) is 13.5. The highest BCUT2D eigenvalue weighted by molar-refractivity contribution is 6.06. The van der Waals surface area contributed by atoms with Crippen molar-refractivity contribution in [3.63, 3.8) is 0 Å². The second kappa shape index (κ2) is 11.1. The minimum atomic E-state index is -1.30. The van der Waals surface area contributed by atoms with E-state index in [1.54, 1.807) is 31.5 Å². The average Bonchev–Trinajstić information content (AvgIpc) is 3.21. The van der Waals surface area contributed by atoms with Crippen LogP contribution in [-0.4, -0.2) is 51.0 Å². The smallest absolute Gasteiger partial charge is 0.254 e. The number of hydrogen-bond acceptors (Lipinski definition) is 6. The molecule has 4 rings (SSSR count). The Morgan fingerprint density at radius 3 is 2.45 bits per heavy atom. The molecule has 38 heavy (non-hydrogen) atoms. The maximum Gasteiger partial charge on any atom is 0.254 e. The largest absolute Gasteiger partial charge is 0.391 e. The van der Waals surface area contributed by atoms with Crippen LogP contribution in [0, 0.1) is 11.5 Å². The molecule has 1 saturated carbocycles. The van der Waals surface area contributed by atoms with E-state index >= 15 is 0 Å². The molecule has 1 aliphatic carbocycles. The number of anilines is 1. The van der Waals surface area contributed by atoms with Gasteiger partial charge in [-0.3, -0.25) is 24.4 Å². The van der Waals surface area contributed by atoms with Gasteiger partial charge in [0.2, 0.25) is 5.91 Å². The van der Waals surface area contributed by atoms with Crippen LogP contribution in [0.25, 0.3) is 0 Å². The van der Waals surface area contributed by atoms with Crippen LogP contribution in [-0.2, 0) is 15.0 Å². The Morgan fingerprint density at radius 2 is 1.87 bits per heavy atom. The molecule has 0 spiro atoms. The van der Waals surface area contributed by atoms with E-state index in [0.29, 0.717) is 11.3 Å². The monoisotopic (exact) mass is 517 g/mol. The number of carbonyl (C=O) groups is 2. The quantitative estimate of drug-likeness (QED) is 0.556. The zero-order valence-corrected chi connectivity index (χ0v) is 22.9. The number of aromatic nitrogens is 1. The lowest BCUT2D eigenvalue weighted by atomic mass is 9.86. The molecule has 8 heteroatoms. The Balaban J connectivity index is 1.82. The fourth-order valence-electron chi connectivity index (χ4n) is 5.65. The van der Waals surface area contributed by atoms with Gasteiger partial charge in [-0.25, -0.2) is 0 Å². The number of amides is 2. The molecular formula is C30H39N5O3. The number of nitriles is 1. The maximum atomic E-state index is 14.5. The van der Waals surface area contributed by atoms with Gasteiger partial charge < -0.3 is 10.4 Å². The van der Waals surface area contributed by atoms with Gasteiger partial charge in [-0.2, -0.15) is 5.26 Å². The van der Waals surface area contributed by atoms with Gasteiger partial charge in [0.15, 0.2) is 6.19 Å². The molecule has 2 amide bonds. The van der Waals surface area contributed by atoms with Gasteiger partial charge in [0, 0.05) is 36.1 Å². The standard InChI is InChI=1S/C30H39N5O3/c1-29(2,3)22-12-14-24(15-13-22)35(28(38)30(4)17-25(36)19-34(30)20-31)26(21-9-8-16-32-18-21)27(37)33-23-10-6-5-7-11-23/h8-9,12-16,18,23,25-26,36H,5-7,10-11,17,19H2,1-4H3,(H,33,37)/t25-,26?,30-/m1/s1. The third-order valence-electron chi connectivity index (χ3n) is 7.89. The molecule has 1 unspecified atom stereocenters. The molecule has 1 saturated heterocycles. The van der Waals surface area contributed by atoms with Gasteiger partial charge in [-0.15, -0.1) is 0 Å². The summed E-state index contributed by atoms with van der Waals surface area (Å²) in [7, 11) is 0. The lowest BCUT2D eigenvalue weighted by molar-refractivity contribution is -0.131. The van der Waals surface area contributed by atoms with Crippen LogP contribution in [0.3, 0.4) is 0 Å². The van der Waals surface area contributed by atoms with Crippen molar-refractivity contribution in [2.75, 3.05) is 11.4 Å². The highest BCUT2D eigenvalue weighted by Gasteiger charge is 2.51. The molecule has 2 N–H and O–H groups in total. The molecule has 0 radical (unpaired) electrons. The van der Waals surface area contributed by atoms with Crippen molar-refractivity contribution in [2.24, 2.45) is 0 Å². The van der Waals surface area contributed by atoms with E-state index in [9.17, 15) is 20.0 Å². The van der Waals surface area contributed by atoms with Gasteiger partial charge in [-0.05, 0) is 48.9 Å². The molecule has 8 nitrogen and oxygen atoms in total. The van der Waals surface area contributed by atoms with E-state index < -0.39 is 23.6 Å². The van der Waals surface area contributed by atoms with Gasteiger partial charge >= 0.3 is 0 Å². The van der Waals surface area contributed by atoms with Crippen LogP contribution in [0.4, 0.5) is 5.69 Å². The number of aliphatic hydroxyl groups is 1. The molecule has 2 fully saturated rings. The molecule has 0 bridgehead atoms. The zero-order chi connectivity index (χ0) is 27.5. The number of pyridine rings is 1. The number of nitrogens with one attached hydrogen (secondary N) is 1. The Kier molecular flexibility index (Phi) is 8.08. The van der Waals surface area contributed by atoms with Crippen LogP contribution in [0.1, 0.15) is 83.4 Å². The van der Waals surface area contributed by atoms with Gasteiger partial charge in [0.25, 0.3) is 5.91 Å². The van der Waals surface area contributed by atoms with E-state index in [-0.39, 0.29) is 30.3 Å². The maximum absolute atomic E-state index is 14.5. The lowest BCUT2D eigenvalue weighted by Crippen LogP contribution is -2.57. The molecule has 1 aromatic heterocycles. The molecule has 3 atom stereocenters. The second-order valence-electron chi connectivity index (χ2n) is 11.8. The summed E-state index contributed by atoms with van der Waals surface area (Å²) in [5.74, 6) is -0.685. The first-order valence-electron chi connectivity index (χ1n) is 13.5. The van der Waals surface area contributed by atoms with E-state index in [4.69, 9.17) is 0 Å². The summed E-state index contributed by atoms with van der Waals surface area (Å²) in [6.45, 7) is 8.10. The second-order valence-corrected chi connectivity index (χ2v) is 11.8. The highest BCUT2D eigenvalue weighted by Crippen LogP contribution is 2.37. The Morgan fingerprint density at radius 1 is 1.18 bits per heavy atom. The molecule has 2 aliphatic rings. The minimum Gasteiger partial charge on any atom is -0.391 e. The van der Waals surface area contributed by atoms with Gasteiger partial charge in [0.1, 0.15) is 11.6 Å². The van der Waals surface area contributed by atoms with Crippen molar-refractivity contribution in [3.8, 4) is 6.19 Å². The number of benzene rings is 1. The topological polar surface area (TPSA) is 110 Å². The number of aliphatic hydroxyl groups excluding tert-OH is 1. The van der Waals surface area contributed by atoms with Crippen LogP contribution < -0.4 is 10.2 Å². The number of hydrogen-bond donors (Lipinski definition) is 2. The van der Waals surface area contributed by atoms with Gasteiger partial charge in [0.05, 0.1) is 12.6 Å². The SMILES string of the molecule is CC(C)(C)c1ccc(N(C(=O)[C@@]2(C)C[C@@H](O)CN2C#N)C(C(=O)NC2CCCCC2)c2cccnc2)cc1. The predicted octanol–water partition coefficient (Wildman–Crippen LogP) is 4.21. The third kappa shape index (κ3) is 5.68. The van der Waals surface area contributed by atoms with Crippen molar-refractivity contribution in [3.05, 3.63) is 59.9 Å². The Labute approximate surface area is 225 Å². The molecule has 202 valence electrons. The summed E-state index contributed by atoms with van der Waals surface area (Å²) in [5, 5.41) is 23.5. The summed E-state index contributed by atoms with van der Waals surface area (Å²) in [6.07, 6.45) is 9.72. The fourth-order valence-corrected chi connectivity index (χ4v) is 5.65. The molecular weight excluding hydrogens is 478 g/mol. The molecule has 2 heterocycles. The van der Waals surface area contributed by atoms with E-state index in [2.05, 4.69) is 37.3 Å². The number of β-amino-alcohol motifs (C(OH)–C–C–N with tert-alkyl or cyclic N) is 1. The number of rotatable bonds is 6. The minimum absolute atomic E-state index is 0.0511. The molecule has 2 aromatic rings. The van der Waals surface area contributed by atoms with Crippen molar-refractivity contribution in [1.29, 1.82) is 5.26 Å². The van der Waals surface area contributed by atoms with Crippen molar-refractivity contribution in [1.82, 2.24) is 15.2 Å². The summed E-state index contributed by atoms with van der Waals surface area (Å²) < 4.78 is 0. The number of carbonyl (C=O) groups excluding carboxylic acids is 2. The molecule has 1 aliphatic heterocycles. The average molecular weight is 518 g/mol. The first-order chi connectivity index (χ1) is 18.0. The summed E-state index contributed by atoms with van der Waals surface area (Å²) in [5.41, 5.74) is 0.839. The third-order valence-corrected chi connectivity index (χ3v) is 7.89. The number of nitrogens with zero attached hydrogens (tertiary/aromatic N) is 4. The predicted molar refractivity (Wildman–Crippen MR) is 146 cm³/mol. The van der Waals surface area contributed by atoms with Crippen molar-refractivity contribution in [2.45, 2.75) is 95.4 Å².